The van der Waals surface area contributed by atoms with Crippen LogP contribution in [0.1, 0.15) is 24.6 Å². The highest BCUT2D eigenvalue weighted by molar-refractivity contribution is 7.09. The van der Waals surface area contributed by atoms with Gasteiger partial charge in [0, 0.05) is 18.3 Å². The van der Waals surface area contributed by atoms with Crippen LogP contribution in [0.3, 0.4) is 0 Å². The van der Waals surface area contributed by atoms with E-state index in [4.69, 9.17) is 4.74 Å². The van der Waals surface area contributed by atoms with Crippen LogP contribution in [-0.2, 0) is 20.9 Å². The van der Waals surface area contributed by atoms with E-state index < -0.39 is 0 Å². The fraction of sp³-hybridized carbons (Fsp3) is 0.500. The van der Waals surface area contributed by atoms with Crippen molar-refractivity contribution in [2.45, 2.75) is 26.3 Å². The van der Waals surface area contributed by atoms with E-state index in [0.29, 0.717) is 13.2 Å². The predicted molar refractivity (Wildman–Crippen MR) is 66.7 cm³/mol. The summed E-state index contributed by atoms with van der Waals surface area (Å²) >= 11 is 1.62. The monoisotopic (exact) mass is 255 g/mol. The number of ether oxygens (including phenoxy) is 1. The fourth-order valence-electron chi connectivity index (χ4n) is 1.36. The lowest BCUT2D eigenvalue weighted by molar-refractivity contribution is -0.145. The Hall–Kier alpha value is -1.36. The molecule has 1 aromatic rings. The van der Waals surface area contributed by atoms with Crippen LogP contribution in [0.4, 0.5) is 0 Å². The highest BCUT2D eigenvalue weighted by Gasteiger charge is 2.12. The number of carbonyl (C=O) groups is 2. The molecule has 0 spiro atoms. The first-order valence-electron chi connectivity index (χ1n) is 5.55. The molecule has 0 aromatic carbocycles. The van der Waals surface area contributed by atoms with Gasteiger partial charge in [-0.15, -0.1) is 11.3 Å². The molecule has 0 saturated heterocycles. The van der Waals surface area contributed by atoms with Gasteiger partial charge in [-0.2, -0.15) is 0 Å². The van der Waals surface area contributed by atoms with Crippen molar-refractivity contribution in [3.8, 4) is 0 Å². The molecule has 1 aromatic heterocycles. The second-order valence-electron chi connectivity index (χ2n) is 3.63. The smallest absolute Gasteiger partial charge is 0.306 e. The molecule has 0 aliphatic heterocycles. The fourth-order valence-corrected chi connectivity index (χ4v) is 2.11. The van der Waals surface area contributed by atoms with Crippen LogP contribution in [0.15, 0.2) is 17.5 Å². The van der Waals surface area contributed by atoms with Gasteiger partial charge < -0.3 is 9.64 Å². The summed E-state index contributed by atoms with van der Waals surface area (Å²) in [5.74, 6) is -0.350. The van der Waals surface area contributed by atoms with Crippen LogP contribution in [0.2, 0.25) is 0 Å². The van der Waals surface area contributed by atoms with E-state index in [1.54, 1.807) is 30.2 Å². The van der Waals surface area contributed by atoms with Crippen molar-refractivity contribution in [1.82, 2.24) is 4.90 Å². The molecule has 0 aliphatic carbocycles. The maximum absolute atomic E-state index is 11.7. The van der Waals surface area contributed by atoms with Crippen molar-refractivity contribution in [3.05, 3.63) is 22.4 Å². The maximum Gasteiger partial charge on any atom is 0.306 e. The molecule has 0 fully saturated rings. The van der Waals surface area contributed by atoms with Gasteiger partial charge in [0.25, 0.3) is 0 Å². The number of thiophene rings is 1. The Labute approximate surface area is 105 Å². The molecule has 1 amide bonds. The lowest BCUT2D eigenvalue weighted by atomic mass is 10.3. The third-order valence-electron chi connectivity index (χ3n) is 2.25. The molecule has 0 bridgehead atoms. The van der Waals surface area contributed by atoms with E-state index in [1.165, 1.54) is 0 Å². The number of hydrogen-bond acceptors (Lipinski definition) is 4. The first-order chi connectivity index (χ1) is 8.13. The number of carbonyl (C=O) groups excluding carboxylic acids is 2. The predicted octanol–water partition coefficient (Wildman–Crippen LogP) is 2.05. The van der Waals surface area contributed by atoms with E-state index in [-0.39, 0.29) is 24.7 Å². The van der Waals surface area contributed by atoms with Crippen LogP contribution in [-0.4, -0.2) is 30.4 Å². The van der Waals surface area contributed by atoms with Gasteiger partial charge in [-0.3, -0.25) is 9.59 Å². The number of amides is 1. The summed E-state index contributed by atoms with van der Waals surface area (Å²) in [7, 11) is 1.74. The Balaban J connectivity index is 2.29. The molecule has 17 heavy (non-hydrogen) atoms. The summed E-state index contributed by atoms with van der Waals surface area (Å²) in [6, 6.07) is 3.94. The first kappa shape index (κ1) is 13.7. The van der Waals surface area contributed by atoms with Crippen molar-refractivity contribution in [2.75, 3.05) is 13.7 Å². The van der Waals surface area contributed by atoms with Crippen molar-refractivity contribution in [1.29, 1.82) is 0 Å². The van der Waals surface area contributed by atoms with Gasteiger partial charge >= 0.3 is 5.97 Å². The molecular formula is C12H17NO3S. The molecule has 0 atom stereocenters. The van der Waals surface area contributed by atoms with Crippen LogP contribution in [0, 0.1) is 0 Å². The van der Waals surface area contributed by atoms with E-state index in [2.05, 4.69) is 0 Å². The van der Waals surface area contributed by atoms with E-state index in [1.807, 2.05) is 17.5 Å². The molecule has 4 nitrogen and oxygen atoms in total. The number of hydrogen-bond donors (Lipinski definition) is 0. The Morgan fingerprint density at radius 2 is 2.18 bits per heavy atom. The van der Waals surface area contributed by atoms with Crippen LogP contribution < -0.4 is 0 Å². The number of esters is 1. The Bertz CT molecular complexity index is 362. The van der Waals surface area contributed by atoms with Gasteiger partial charge in [-0.05, 0) is 18.4 Å². The zero-order valence-electron chi connectivity index (χ0n) is 10.1. The van der Waals surface area contributed by atoms with E-state index in [9.17, 15) is 9.59 Å². The Kier molecular flexibility index (Phi) is 5.69. The van der Waals surface area contributed by atoms with Gasteiger partial charge in [0.15, 0.2) is 0 Å². The zero-order chi connectivity index (χ0) is 12.7. The summed E-state index contributed by atoms with van der Waals surface area (Å²) in [6.45, 7) is 2.71. The molecule has 0 N–H and O–H groups in total. The average molecular weight is 255 g/mol. The Morgan fingerprint density at radius 1 is 1.41 bits per heavy atom. The largest absolute Gasteiger partial charge is 0.466 e. The lowest BCUT2D eigenvalue weighted by Crippen LogP contribution is -2.26. The third-order valence-corrected chi connectivity index (χ3v) is 3.11. The van der Waals surface area contributed by atoms with E-state index in [0.717, 1.165) is 4.88 Å². The molecule has 0 aliphatic rings. The van der Waals surface area contributed by atoms with E-state index >= 15 is 0 Å². The van der Waals surface area contributed by atoms with Crippen molar-refractivity contribution < 1.29 is 14.3 Å². The highest BCUT2D eigenvalue weighted by Crippen LogP contribution is 2.11. The van der Waals surface area contributed by atoms with Gasteiger partial charge in [0.05, 0.1) is 19.6 Å². The van der Waals surface area contributed by atoms with Gasteiger partial charge in [-0.25, -0.2) is 0 Å². The van der Waals surface area contributed by atoms with Gasteiger partial charge in [0.1, 0.15) is 0 Å². The van der Waals surface area contributed by atoms with Crippen LogP contribution >= 0.6 is 11.3 Å². The molecule has 94 valence electrons. The maximum atomic E-state index is 11.7. The SMILES string of the molecule is CCOC(=O)CCC(=O)N(C)Cc1cccs1. The molecule has 0 saturated carbocycles. The van der Waals surface area contributed by atoms with Crippen molar-refractivity contribution >= 4 is 23.2 Å². The Morgan fingerprint density at radius 3 is 2.76 bits per heavy atom. The quantitative estimate of drug-likeness (QED) is 0.731. The summed E-state index contributed by atoms with van der Waals surface area (Å²) in [5.41, 5.74) is 0. The lowest BCUT2D eigenvalue weighted by Gasteiger charge is -2.15. The van der Waals surface area contributed by atoms with Crippen LogP contribution in [0.25, 0.3) is 0 Å². The number of rotatable bonds is 6. The minimum Gasteiger partial charge on any atom is -0.466 e. The van der Waals surface area contributed by atoms with Crippen molar-refractivity contribution in [3.63, 3.8) is 0 Å². The summed E-state index contributed by atoms with van der Waals surface area (Å²) in [6.07, 6.45) is 0.363. The van der Waals surface area contributed by atoms with Gasteiger partial charge in [0.2, 0.25) is 5.91 Å². The first-order valence-corrected chi connectivity index (χ1v) is 6.43. The van der Waals surface area contributed by atoms with Crippen molar-refractivity contribution in [2.24, 2.45) is 0 Å². The second kappa shape index (κ2) is 7.06. The topological polar surface area (TPSA) is 46.6 Å². The molecule has 1 rings (SSSR count). The minimum atomic E-state index is -0.314. The third kappa shape index (κ3) is 4.99. The summed E-state index contributed by atoms with van der Waals surface area (Å²) in [5, 5.41) is 1.98. The van der Waals surface area contributed by atoms with Gasteiger partial charge in [-0.1, -0.05) is 6.07 Å². The normalized spacial score (nSPS) is 10.0. The summed E-state index contributed by atoms with van der Waals surface area (Å²) in [4.78, 5) is 25.6. The standard InChI is InChI=1S/C12H17NO3S/c1-3-16-12(15)7-6-11(14)13(2)9-10-5-4-8-17-10/h4-5,8H,3,6-7,9H2,1-2H3. The summed E-state index contributed by atoms with van der Waals surface area (Å²) < 4.78 is 4.77. The second-order valence-corrected chi connectivity index (χ2v) is 4.67. The molecule has 0 unspecified atom stereocenters. The zero-order valence-corrected chi connectivity index (χ0v) is 11.0. The number of nitrogens with zero attached hydrogens (tertiary/aromatic N) is 1. The highest BCUT2D eigenvalue weighted by atomic mass is 32.1. The minimum absolute atomic E-state index is 0.0357. The molecular weight excluding hydrogens is 238 g/mol. The van der Waals surface area contributed by atoms with Crippen LogP contribution in [0.5, 0.6) is 0 Å². The molecule has 0 radical (unpaired) electrons. The molecule has 5 heteroatoms. The average Bonchev–Trinajstić information content (AvgIpc) is 2.79. The molecule has 1 heterocycles.